The lowest BCUT2D eigenvalue weighted by molar-refractivity contribution is -0.118. The second-order valence-corrected chi connectivity index (χ2v) is 7.62. The van der Waals surface area contributed by atoms with Crippen molar-refractivity contribution in [1.82, 2.24) is 0 Å². The predicted molar refractivity (Wildman–Crippen MR) is 118 cm³/mol. The molecular weight excluding hydrogens is 440 g/mol. The van der Waals surface area contributed by atoms with Gasteiger partial charge in [0.25, 0.3) is 5.91 Å². The van der Waals surface area contributed by atoms with E-state index in [2.05, 4.69) is 26.6 Å². The minimum Gasteiger partial charge on any atom is -0.483 e. The molecule has 1 amide bonds. The van der Waals surface area contributed by atoms with Crippen LogP contribution in [-0.4, -0.2) is 12.5 Å². The summed E-state index contributed by atoms with van der Waals surface area (Å²) in [6.07, 6.45) is 0. The molecule has 0 saturated carbocycles. The highest BCUT2D eigenvalue weighted by atomic mass is 79.9. The van der Waals surface area contributed by atoms with Crippen molar-refractivity contribution in [2.45, 2.75) is 13.5 Å². The van der Waals surface area contributed by atoms with Crippen molar-refractivity contribution in [3.05, 3.63) is 87.4 Å². The first-order valence-electron chi connectivity index (χ1n) is 8.77. The van der Waals surface area contributed by atoms with Gasteiger partial charge < -0.3 is 15.4 Å². The van der Waals surface area contributed by atoms with E-state index < -0.39 is 0 Å². The number of rotatable bonds is 7. The largest absolute Gasteiger partial charge is 0.483 e. The Labute approximate surface area is 178 Å². The molecule has 4 nitrogen and oxygen atoms in total. The van der Waals surface area contributed by atoms with E-state index >= 15 is 0 Å². The standard InChI is InChI=1S/C22H20BrClN2O2/c1-15-3-2-4-19(11-15)26-22(27)14-28-21-10-5-16(12-20(21)23)13-25-18-8-6-17(24)7-9-18/h2-12,25H,13-14H2,1H3,(H,26,27). The van der Waals surface area contributed by atoms with Gasteiger partial charge in [0.05, 0.1) is 4.47 Å². The van der Waals surface area contributed by atoms with Gasteiger partial charge in [-0.05, 0) is 82.5 Å². The fourth-order valence-electron chi connectivity index (χ4n) is 2.61. The SMILES string of the molecule is Cc1cccc(NC(=O)COc2ccc(CNc3ccc(Cl)cc3)cc2Br)c1. The Morgan fingerprint density at radius 2 is 1.82 bits per heavy atom. The van der Waals surface area contributed by atoms with Gasteiger partial charge in [0.2, 0.25) is 0 Å². The van der Waals surface area contributed by atoms with E-state index in [0.717, 1.165) is 27.0 Å². The third kappa shape index (κ3) is 6.01. The molecule has 3 aromatic carbocycles. The summed E-state index contributed by atoms with van der Waals surface area (Å²) in [4.78, 5) is 12.1. The summed E-state index contributed by atoms with van der Waals surface area (Å²) in [5.74, 6) is 0.417. The molecule has 0 unspecified atom stereocenters. The van der Waals surface area contributed by atoms with E-state index in [1.54, 1.807) is 0 Å². The van der Waals surface area contributed by atoms with Gasteiger partial charge in [0.15, 0.2) is 6.61 Å². The summed E-state index contributed by atoms with van der Waals surface area (Å²) >= 11 is 9.40. The molecule has 0 saturated heterocycles. The molecule has 3 rings (SSSR count). The maximum Gasteiger partial charge on any atom is 0.262 e. The van der Waals surface area contributed by atoms with Crippen LogP contribution in [0.2, 0.25) is 5.02 Å². The predicted octanol–water partition coefficient (Wildman–Crippen LogP) is 6.04. The summed E-state index contributed by atoms with van der Waals surface area (Å²) < 4.78 is 6.44. The number of carbonyl (C=O) groups is 1. The Kier molecular flexibility index (Phi) is 6.95. The van der Waals surface area contributed by atoms with E-state index in [0.29, 0.717) is 17.3 Å². The topological polar surface area (TPSA) is 50.4 Å². The zero-order valence-electron chi connectivity index (χ0n) is 15.3. The lowest BCUT2D eigenvalue weighted by Crippen LogP contribution is -2.20. The van der Waals surface area contributed by atoms with Crippen molar-refractivity contribution >= 4 is 44.8 Å². The van der Waals surface area contributed by atoms with Gasteiger partial charge in [-0.2, -0.15) is 0 Å². The molecule has 0 aliphatic rings. The molecule has 28 heavy (non-hydrogen) atoms. The number of halogens is 2. The molecule has 6 heteroatoms. The number of benzene rings is 3. The smallest absolute Gasteiger partial charge is 0.262 e. The van der Waals surface area contributed by atoms with Crippen LogP contribution in [0.3, 0.4) is 0 Å². The highest BCUT2D eigenvalue weighted by molar-refractivity contribution is 9.10. The van der Waals surface area contributed by atoms with Gasteiger partial charge in [0.1, 0.15) is 5.75 Å². The monoisotopic (exact) mass is 458 g/mol. The van der Waals surface area contributed by atoms with E-state index in [4.69, 9.17) is 16.3 Å². The van der Waals surface area contributed by atoms with E-state index in [-0.39, 0.29) is 12.5 Å². The zero-order valence-corrected chi connectivity index (χ0v) is 17.7. The van der Waals surface area contributed by atoms with Crippen molar-refractivity contribution in [3.8, 4) is 5.75 Å². The van der Waals surface area contributed by atoms with Gasteiger partial charge in [-0.25, -0.2) is 0 Å². The Bertz CT molecular complexity index is 961. The third-order valence-corrected chi connectivity index (χ3v) is 4.87. The molecule has 0 radical (unpaired) electrons. The number of hydrogen-bond acceptors (Lipinski definition) is 3. The highest BCUT2D eigenvalue weighted by Crippen LogP contribution is 2.26. The van der Waals surface area contributed by atoms with Crippen molar-refractivity contribution in [1.29, 1.82) is 0 Å². The van der Waals surface area contributed by atoms with E-state index in [1.165, 1.54) is 0 Å². The lowest BCUT2D eigenvalue weighted by Gasteiger charge is -2.11. The molecule has 0 bridgehead atoms. The van der Waals surface area contributed by atoms with Crippen molar-refractivity contribution < 1.29 is 9.53 Å². The number of amides is 1. The second kappa shape index (κ2) is 9.62. The normalized spacial score (nSPS) is 10.4. The number of aryl methyl sites for hydroxylation is 1. The van der Waals surface area contributed by atoms with Crippen molar-refractivity contribution in [2.75, 3.05) is 17.2 Å². The Hall–Kier alpha value is -2.50. The van der Waals surface area contributed by atoms with Gasteiger partial charge >= 0.3 is 0 Å². The molecule has 0 aliphatic carbocycles. The zero-order chi connectivity index (χ0) is 19.9. The van der Waals surface area contributed by atoms with E-state index in [1.807, 2.05) is 73.7 Å². The summed E-state index contributed by atoms with van der Waals surface area (Å²) in [5, 5.41) is 6.87. The number of hydrogen-bond donors (Lipinski definition) is 2. The summed E-state index contributed by atoms with van der Waals surface area (Å²) in [6, 6.07) is 21.0. The number of anilines is 2. The molecule has 0 heterocycles. The Morgan fingerprint density at radius 3 is 2.54 bits per heavy atom. The molecule has 144 valence electrons. The van der Waals surface area contributed by atoms with Crippen LogP contribution >= 0.6 is 27.5 Å². The molecule has 0 aromatic heterocycles. The van der Waals surface area contributed by atoms with E-state index in [9.17, 15) is 4.79 Å². The number of nitrogens with one attached hydrogen (secondary N) is 2. The highest BCUT2D eigenvalue weighted by Gasteiger charge is 2.07. The van der Waals surface area contributed by atoms with Crippen LogP contribution < -0.4 is 15.4 Å². The minimum atomic E-state index is -0.203. The quantitative estimate of drug-likeness (QED) is 0.453. The first-order valence-corrected chi connectivity index (χ1v) is 9.94. The summed E-state index contributed by atoms with van der Waals surface area (Å²) in [7, 11) is 0. The average molecular weight is 460 g/mol. The maximum absolute atomic E-state index is 12.1. The average Bonchev–Trinajstić information content (AvgIpc) is 2.67. The van der Waals surface area contributed by atoms with Crippen molar-refractivity contribution in [2.24, 2.45) is 0 Å². The molecule has 3 aromatic rings. The molecule has 0 fully saturated rings. The van der Waals surface area contributed by atoms with Crippen LogP contribution in [0.25, 0.3) is 0 Å². The first-order chi connectivity index (χ1) is 13.5. The van der Waals surface area contributed by atoms with Gasteiger partial charge in [0, 0.05) is 22.9 Å². The van der Waals surface area contributed by atoms with Crippen LogP contribution in [-0.2, 0) is 11.3 Å². The second-order valence-electron chi connectivity index (χ2n) is 6.33. The number of ether oxygens (including phenoxy) is 1. The molecular formula is C22H20BrClN2O2. The molecule has 0 aliphatic heterocycles. The fraction of sp³-hybridized carbons (Fsp3) is 0.136. The fourth-order valence-corrected chi connectivity index (χ4v) is 3.27. The van der Waals surface area contributed by atoms with Crippen LogP contribution in [0, 0.1) is 6.92 Å². The number of carbonyl (C=O) groups excluding carboxylic acids is 1. The van der Waals surface area contributed by atoms with Crippen molar-refractivity contribution in [3.63, 3.8) is 0 Å². The Balaban J connectivity index is 1.52. The van der Waals surface area contributed by atoms with Crippen LogP contribution in [0.5, 0.6) is 5.75 Å². The molecule has 0 spiro atoms. The Morgan fingerprint density at radius 1 is 1.04 bits per heavy atom. The van der Waals surface area contributed by atoms with Gasteiger partial charge in [-0.1, -0.05) is 29.8 Å². The molecule has 0 atom stereocenters. The third-order valence-electron chi connectivity index (χ3n) is 4.00. The van der Waals surface area contributed by atoms with Gasteiger partial charge in [-0.15, -0.1) is 0 Å². The first kappa shape index (κ1) is 20.2. The van der Waals surface area contributed by atoms with Crippen LogP contribution in [0.15, 0.2) is 71.2 Å². The van der Waals surface area contributed by atoms with Gasteiger partial charge in [-0.3, -0.25) is 4.79 Å². The minimum absolute atomic E-state index is 0.0606. The van der Waals surface area contributed by atoms with Crippen LogP contribution in [0.1, 0.15) is 11.1 Å². The summed E-state index contributed by atoms with van der Waals surface area (Å²) in [6.45, 7) is 2.58. The molecule has 2 N–H and O–H groups in total. The van der Waals surface area contributed by atoms with Crippen LogP contribution in [0.4, 0.5) is 11.4 Å². The lowest BCUT2D eigenvalue weighted by atomic mass is 10.2. The maximum atomic E-state index is 12.1. The summed E-state index contributed by atoms with van der Waals surface area (Å²) in [5.41, 5.74) is 3.92.